The fourth-order valence-corrected chi connectivity index (χ4v) is 2.88. The Bertz CT molecular complexity index is 846. The predicted molar refractivity (Wildman–Crippen MR) is 110 cm³/mol. The van der Waals surface area contributed by atoms with E-state index in [9.17, 15) is 9.90 Å². The highest BCUT2D eigenvalue weighted by atomic mass is 35.5. The molecule has 0 bridgehead atoms. The predicted octanol–water partition coefficient (Wildman–Crippen LogP) is 6.55. The molecule has 0 saturated heterocycles. The third-order valence-electron chi connectivity index (χ3n) is 4.21. The highest BCUT2D eigenvalue weighted by Crippen LogP contribution is 2.38. The summed E-state index contributed by atoms with van der Waals surface area (Å²) < 4.78 is 0. The maximum atomic E-state index is 12.8. The van der Waals surface area contributed by atoms with Crippen molar-refractivity contribution in [2.24, 2.45) is 0 Å². The highest BCUT2D eigenvalue weighted by Gasteiger charge is 2.27. The molecule has 2 rings (SSSR count). The average molecular weight is 394 g/mol. The highest BCUT2D eigenvalue weighted by molar-refractivity contribution is 6.42. The van der Waals surface area contributed by atoms with Gasteiger partial charge < -0.3 is 10.4 Å². The van der Waals surface area contributed by atoms with Crippen LogP contribution in [-0.2, 0) is 10.8 Å². The number of rotatable bonds is 2. The Morgan fingerprint density at radius 2 is 1.54 bits per heavy atom. The maximum absolute atomic E-state index is 12.8. The van der Waals surface area contributed by atoms with Crippen LogP contribution in [0.3, 0.4) is 0 Å². The van der Waals surface area contributed by atoms with E-state index in [1.54, 1.807) is 24.3 Å². The van der Waals surface area contributed by atoms with Gasteiger partial charge in [-0.15, -0.1) is 0 Å². The van der Waals surface area contributed by atoms with E-state index in [1.165, 1.54) is 0 Å². The Labute approximate surface area is 165 Å². The first-order valence-corrected chi connectivity index (χ1v) is 9.20. The summed E-state index contributed by atoms with van der Waals surface area (Å²) in [5.74, 6) is -0.388. The van der Waals surface area contributed by atoms with Crippen LogP contribution in [-0.4, -0.2) is 11.0 Å². The van der Waals surface area contributed by atoms with Crippen molar-refractivity contribution < 1.29 is 9.90 Å². The van der Waals surface area contributed by atoms with Crippen molar-refractivity contribution in [2.45, 2.75) is 52.4 Å². The van der Waals surface area contributed by atoms with Crippen LogP contribution in [0.4, 0.5) is 5.69 Å². The zero-order chi connectivity index (χ0) is 19.9. The molecule has 0 atom stereocenters. The average Bonchev–Trinajstić information content (AvgIpc) is 2.48. The van der Waals surface area contributed by atoms with Gasteiger partial charge in [0.25, 0.3) is 5.91 Å². The summed E-state index contributed by atoms with van der Waals surface area (Å²) >= 11 is 11.9. The molecule has 5 heteroatoms. The fraction of sp³-hybridized carbons (Fsp3) is 0.381. The number of halogens is 2. The van der Waals surface area contributed by atoms with Gasteiger partial charge in [-0.1, -0.05) is 70.8 Å². The SMILES string of the molecule is CC(C)(C)c1cc(C(=O)Nc2ccc(Cl)c(Cl)c2)c(O)c(C(C)(C)C)c1. The molecule has 0 heterocycles. The molecule has 0 spiro atoms. The summed E-state index contributed by atoms with van der Waals surface area (Å²) in [6.07, 6.45) is 0. The summed E-state index contributed by atoms with van der Waals surface area (Å²) in [4.78, 5) is 12.8. The van der Waals surface area contributed by atoms with Crippen LogP contribution in [0.5, 0.6) is 5.75 Å². The van der Waals surface area contributed by atoms with Gasteiger partial charge in [0.2, 0.25) is 0 Å². The van der Waals surface area contributed by atoms with Gasteiger partial charge in [-0.25, -0.2) is 0 Å². The number of aromatic hydroxyl groups is 1. The molecule has 0 saturated carbocycles. The lowest BCUT2D eigenvalue weighted by Crippen LogP contribution is -2.20. The molecule has 0 aliphatic heterocycles. The Morgan fingerprint density at radius 3 is 2.04 bits per heavy atom. The normalized spacial score (nSPS) is 12.2. The topological polar surface area (TPSA) is 49.3 Å². The van der Waals surface area contributed by atoms with Gasteiger partial charge >= 0.3 is 0 Å². The summed E-state index contributed by atoms with van der Waals surface area (Å²) in [5.41, 5.74) is 2.02. The van der Waals surface area contributed by atoms with E-state index >= 15 is 0 Å². The first-order chi connectivity index (χ1) is 11.8. The molecule has 3 nitrogen and oxygen atoms in total. The third kappa shape index (κ3) is 4.52. The molecule has 0 radical (unpaired) electrons. The number of carbonyl (C=O) groups excluding carboxylic acids is 1. The maximum Gasteiger partial charge on any atom is 0.259 e. The molecule has 26 heavy (non-hydrogen) atoms. The van der Waals surface area contributed by atoms with Gasteiger partial charge in [-0.3, -0.25) is 4.79 Å². The van der Waals surface area contributed by atoms with E-state index in [2.05, 4.69) is 26.1 Å². The number of nitrogens with one attached hydrogen (secondary N) is 1. The lowest BCUT2D eigenvalue weighted by molar-refractivity contribution is 0.102. The molecule has 2 aromatic carbocycles. The lowest BCUT2D eigenvalue weighted by atomic mass is 9.79. The van der Waals surface area contributed by atoms with Crippen molar-refractivity contribution in [1.29, 1.82) is 0 Å². The minimum Gasteiger partial charge on any atom is -0.507 e. The summed E-state index contributed by atoms with van der Waals surface area (Å²) in [5, 5.41) is 14.3. The second-order valence-electron chi connectivity index (χ2n) is 8.50. The zero-order valence-electron chi connectivity index (χ0n) is 16.0. The van der Waals surface area contributed by atoms with Crippen molar-refractivity contribution in [3.05, 3.63) is 57.1 Å². The van der Waals surface area contributed by atoms with E-state index in [-0.39, 0.29) is 22.1 Å². The van der Waals surface area contributed by atoms with E-state index in [4.69, 9.17) is 23.2 Å². The van der Waals surface area contributed by atoms with Gasteiger partial charge in [-0.05, 0) is 40.7 Å². The first-order valence-electron chi connectivity index (χ1n) is 8.45. The number of phenols is 1. The number of carbonyl (C=O) groups is 1. The standard InChI is InChI=1S/C21H25Cl2NO2/c1-20(2,3)12-9-14(18(25)15(10-12)21(4,5)6)19(26)24-13-7-8-16(22)17(23)11-13/h7-11,25H,1-6H3,(H,24,26). The smallest absolute Gasteiger partial charge is 0.259 e. The number of phenolic OH excluding ortho intramolecular Hbond substituents is 1. The van der Waals surface area contributed by atoms with Crippen LogP contribution < -0.4 is 5.32 Å². The molecular formula is C21H25Cl2NO2. The number of anilines is 1. The van der Waals surface area contributed by atoms with Crippen molar-refractivity contribution in [1.82, 2.24) is 0 Å². The molecule has 0 aliphatic rings. The monoisotopic (exact) mass is 393 g/mol. The van der Waals surface area contributed by atoms with Gasteiger partial charge in [0, 0.05) is 11.3 Å². The van der Waals surface area contributed by atoms with Crippen LogP contribution in [0.1, 0.15) is 63.0 Å². The van der Waals surface area contributed by atoms with Gasteiger partial charge in [0.05, 0.1) is 15.6 Å². The van der Waals surface area contributed by atoms with Gasteiger partial charge in [0.15, 0.2) is 0 Å². The lowest BCUT2D eigenvalue weighted by Gasteiger charge is -2.27. The molecule has 0 unspecified atom stereocenters. The minimum absolute atomic E-state index is 0.00283. The number of hydrogen-bond donors (Lipinski definition) is 2. The molecule has 0 aromatic heterocycles. The van der Waals surface area contributed by atoms with E-state index in [0.29, 0.717) is 15.7 Å². The summed E-state index contributed by atoms with van der Waals surface area (Å²) in [6, 6.07) is 8.59. The van der Waals surface area contributed by atoms with E-state index in [1.807, 2.05) is 26.8 Å². The van der Waals surface area contributed by atoms with Crippen molar-refractivity contribution in [3.63, 3.8) is 0 Å². The second kappa shape index (κ2) is 7.13. The molecule has 0 fully saturated rings. The largest absolute Gasteiger partial charge is 0.507 e. The minimum atomic E-state index is -0.391. The zero-order valence-corrected chi connectivity index (χ0v) is 17.5. The van der Waals surface area contributed by atoms with Crippen LogP contribution in [0, 0.1) is 0 Å². The van der Waals surface area contributed by atoms with Gasteiger partial charge in [0.1, 0.15) is 5.75 Å². The van der Waals surface area contributed by atoms with Crippen LogP contribution >= 0.6 is 23.2 Å². The molecular weight excluding hydrogens is 369 g/mol. The van der Waals surface area contributed by atoms with E-state index in [0.717, 1.165) is 11.1 Å². The Balaban J connectivity index is 2.52. The number of hydrogen-bond acceptors (Lipinski definition) is 2. The molecule has 0 aliphatic carbocycles. The second-order valence-corrected chi connectivity index (χ2v) is 9.32. The quantitative estimate of drug-likeness (QED) is 0.607. The van der Waals surface area contributed by atoms with Gasteiger partial charge in [-0.2, -0.15) is 0 Å². The molecule has 2 N–H and O–H groups in total. The Hall–Kier alpha value is -1.71. The summed E-state index contributed by atoms with van der Waals surface area (Å²) in [6.45, 7) is 12.3. The van der Waals surface area contributed by atoms with Crippen LogP contribution in [0.15, 0.2) is 30.3 Å². The fourth-order valence-electron chi connectivity index (χ4n) is 2.58. The van der Waals surface area contributed by atoms with Crippen molar-refractivity contribution in [3.8, 4) is 5.75 Å². The third-order valence-corrected chi connectivity index (χ3v) is 4.95. The summed E-state index contributed by atoms with van der Waals surface area (Å²) in [7, 11) is 0. The number of amides is 1. The first kappa shape index (κ1) is 20.6. The van der Waals surface area contributed by atoms with Crippen molar-refractivity contribution in [2.75, 3.05) is 5.32 Å². The van der Waals surface area contributed by atoms with E-state index < -0.39 is 5.91 Å². The Morgan fingerprint density at radius 1 is 0.923 bits per heavy atom. The molecule has 1 amide bonds. The molecule has 140 valence electrons. The van der Waals surface area contributed by atoms with Crippen LogP contribution in [0.2, 0.25) is 10.0 Å². The van der Waals surface area contributed by atoms with Crippen molar-refractivity contribution >= 4 is 34.8 Å². The number of benzene rings is 2. The Kier molecular flexibility index (Phi) is 5.65. The van der Waals surface area contributed by atoms with Crippen LogP contribution in [0.25, 0.3) is 0 Å². The molecule has 2 aromatic rings.